The summed E-state index contributed by atoms with van der Waals surface area (Å²) in [6.45, 7) is 5.47. The molecule has 0 amide bonds. The molecule has 1 unspecified atom stereocenters. The SMILES string of the molecule is CCN1CCCC1c1ccc(CCn2ccc(OCc3ccc(Cl)cn3)cc2=O)cc1. The predicted molar refractivity (Wildman–Crippen MR) is 124 cm³/mol. The van der Waals surface area contributed by atoms with Gasteiger partial charge in [0.2, 0.25) is 0 Å². The summed E-state index contributed by atoms with van der Waals surface area (Å²) in [4.78, 5) is 19.2. The van der Waals surface area contributed by atoms with Gasteiger partial charge in [0.25, 0.3) is 5.56 Å². The maximum absolute atomic E-state index is 12.5. The number of likely N-dealkylation sites (tertiary alicyclic amines) is 1. The van der Waals surface area contributed by atoms with Crippen molar-refractivity contribution in [1.29, 1.82) is 0 Å². The maximum atomic E-state index is 12.5. The number of benzene rings is 1. The van der Waals surface area contributed by atoms with Crippen LogP contribution in [0, 0.1) is 0 Å². The van der Waals surface area contributed by atoms with Crippen molar-refractivity contribution in [2.24, 2.45) is 0 Å². The summed E-state index contributed by atoms with van der Waals surface area (Å²) in [6, 6.07) is 16.4. The number of nitrogens with zero attached hydrogens (tertiary/aromatic N) is 3. The Balaban J connectivity index is 1.32. The van der Waals surface area contributed by atoms with Crippen LogP contribution >= 0.6 is 11.6 Å². The minimum absolute atomic E-state index is 0.0669. The van der Waals surface area contributed by atoms with Gasteiger partial charge in [-0.25, -0.2) is 0 Å². The van der Waals surface area contributed by atoms with Crippen molar-refractivity contribution >= 4 is 11.6 Å². The van der Waals surface area contributed by atoms with Gasteiger partial charge in [0.15, 0.2) is 0 Å². The van der Waals surface area contributed by atoms with E-state index in [9.17, 15) is 4.79 Å². The van der Waals surface area contributed by atoms with E-state index < -0.39 is 0 Å². The van der Waals surface area contributed by atoms with Crippen LogP contribution < -0.4 is 10.3 Å². The van der Waals surface area contributed by atoms with Crippen LogP contribution in [0.2, 0.25) is 5.02 Å². The van der Waals surface area contributed by atoms with Gasteiger partial charge in [-0.3, -0.25) is 14.7 Å². The third-order valence-electron chi connectivity index (χ3n) is 5.92. The van der Waals surface area contributed by atoms with Gasteiger partial charge in [-0.1, -0.05) is 42.8 Å². The van der Waals surface area contributed by atoms with Crippen molar-refractivity contribution in [3.05, 3.63) is 93.1 Å². The van der Waals surface area contributed by atoms with E-state index in [4.69, 9.17) is 16.3 Å². The van der Waals surface area contributed by atoms with E-state index in [2.05, 4.69) is 41.1 Å². The highest BCUT2D eigenvalue weighted by atomic mass is 35.5. The van der Waals surface area contributed by atoms with Gasteiger partial charge in [0.1, 0.15) is 12.4 Å². The van der Waals surface area contributed by atoms with Gasteiger partial charge in [0, 0.05) is 31.0 Å². The van der Waals surface area contributed by atoms with Crippen LogP contribution in [0.1, 0.15) is 42.6 Å². The van der Waals surface area contributed by atoms with Crippen molar-refractivity contribution in [2.45, 2.75) is 45.4 Å². The zero-order valence-corrected chi connectivity index (χ0v) is 18.6. The fourth-order valence-electron chi connectivity index (χ4n) is 4.15. The molecule has 5 nitrogen and oxygen atoms in total. The van der Waals surface area contributed by atoms with Crippen molar-refractivity contribution < 1.29 is 4.74 Å². The highest BCUT2D eigenvalue weighted by Gasteiger charge is 2.24. The van der Waals surface area contributed by atoms with Crippen LogP contribution in [-0.2, 0) is 19.6 Å². The lowest BCUT2D eigenvalue weighted by molar-refractivity contribution is 0.271. The molecule has 6 heteroatoms. The molecule has 162 valence electrons. The molecule has 0 bridgehead atoms. The van der Waals surface area contributed by atoms with E-state index >= 15 is 0 Å². The van der Waals surface area contributed by atoms with Gasteiger partial charge in [-0.15, -0.1) is 0 Å². The predicted octanol–water partition coefficient (Wildman–Crippen LogP) is 4.88. The topological polar surface area (TPSA) is 47.4 Å². The van der Waals surface area contributed by atoms with Crippen LogP contribution in [0.5, 0.6) is 5.75 Å². The summed E-state index contributed by atoms with van der Waals surface area (Å²) in [5.74, 6) is 0.541. The van der Waals surface area contributed by atoms with E-state index in [1.165, 1.54) is 36.6 Å². The number of ether oxygens (including phenoxy) is 1. The lowest BCUT2D eigenvalue weighted by Gasteiger charge is -2.23. The smallest absolute Gasteiger partial charge is 0.254 e. The quantitative estimate of drug-likeness (QED) is 0.504. The molecule has 1 saturated heterocycles. The number of halogens is 1. The molecular weight excluding hydrogens is 410 g/mol. The van der Waals surface area contributed by atoms with Gasteiger partial charge in [-0.2, -0.15) is 0 Å². The molecule has 1 aliphatic heterocycles. The van der Waals surface area contributed by atoms with Crippen molar-refractivity contribution in [2.75, 3.05) is 13.1 Å². The van der Waals surface area contributed by atoms with E-state index in [1.807, 2.05) is 6.07 Å². The normalized spacial score (nSPS) is 16.5. The second-order valence-corrected chi connectivity index (χ2v) is 8.37. The lowest BCUT2D eigenvalue weighted by Crippen LogP contribution is -2.22. The third kappa shape index (κ3) is 5.54. The Morgan fingerprint density at radius 1 is 1.16 bits per heavy atom. The monoisotopic (exact) mass is 437 g/mol. The molecule has 4 rings (SSSR count). The molecule has 0 radical (unpaired) electrons. The Morgan fingerprint density at radius 3 is 2.71 bits per heavy atom. The van der Waals surface area contributed by atoms with Gasteiger partial charge >= 0.3 is 0 Å². The molecule has 3 aromatic rings. The first-order valence-corrected chi connectivity index (χ1v) is 11.3. The molecule has 0 N–H and O–H groups in total. The number of aromatic nitrogens is 2. The zero-order chi connectivity index (χ0) is 21.6. The summed E-state index contributed by atoms with van der Waals surface area (Å²) in [7, 11) is 0. The van der Waals surface area contributed by atoms with Gasteiger partial charge in [0.05, 0.1) is 10.7 Å². The highest BCUT2D eigenvalue weighted by molar-refractivity contribution is 6.30. The first-order valence-electron chi connectivity index (χ1n) is 10.9. The van der Waals surface area contributed by atoms with E-state index in [1.54, 1.807) is 29.1 Å². The average molecular weight is 438 g/mol. The van der Waals surface area contributed by atoms with Crippen LogP contribution in [0.15, 0.2) is 65.7 Å². The molecule has 0 spiro atoms. The van der Waals surface area contributed by atoms with E-state index in [0.717, 1.165) is 18.7 Å². The molecule has 1 atom stereocenters. The minimum atomic E-state index is -0.0669. The summed E-state index contributed by atoms with van der Waals surface area (Å²) in [5, 5.41) is 0.586. The summed E-state index contributed by atoms with van der Waals surface area (Å²) < 4.78 is 7.41. The molecule has 0 aliphatic carbocycles. The Hall–Kier alpha value is -2.63. The molecule has 1 fully saturated rings. The first-order chi connectivity index (χ1) is 15.1. The number of hydrogen-bond donors (Lipinski definition) is 0. The third-order valence-corrected chi connectivity index (χ3v) is 6.14. The molecule has 1 aliphatic rings. The summed E-state index contributed by atoms with van der Waals surface area (Å²) in [6.07, 6.45) is 6.71. The Bertz CT molecular complexity index is 1050. The van der Waals surface area contributed by atoms with Crippen molar-refractivity contribution in [3.63, 3.8) is 0 Å². The molecule has 1 aromatic carbocycles. The average Bonchev–Trinajstić information content (AvgIpc) is 3.27. The first kappa shape index (κ1) is 21.6. The second-order valence-electron chi connectivity index (χ2n) is 7.93. The number of aryl methyl sites for hydroxylation is 2. The fraction of sp³-hybridized carbons (Fsp3) is 0.360. The summed E-state index contributed by atoms with van der Waals surface area (Å²) in [5.41, 5.74) is 3.34. The molecular formula is C25H28ClN3O2. The number of rotatable bonds is 8. The fourth-order valence-corrected chi connectivity index (χ4v) is 4.26. The molecule has 2 aromatic heterocycles. The van der Waals surface area contributed by atoms with Crippen molar-refractivity contribution in [1.82, 2.24) is 14.5 Å². The Labute approximate surface area is 188 Å². The van der Waals surface area contributed by atoms with Crippen LogP contribution in [0.3, 0.4) is 0 Å². The van der Waals surface area contributed by atoms with Gasteiger partial charge in [-0.05, 0) is 61.7 Å². The van der Waals surface area contributed by atoms with Crippen LogP contribution in [0.4, 0.5) is 0 Å². The minimum Gasteiger partial charge on any atom is -0.487 e. The Morgan fingerprint density at radius 2 is 2.00 bits per heavy atom. The zero-order valence-electron chi connectivity index (χ0n) is 17.8. The standard InChI is InChI=1S/C25H28ClN3O2/c1-2-28-13-3-4-24(28)20-7-5-19(6-8-20)11-14-29-15-12-23(16-25(29)30)31-18-22-10-9-21(26)17-27-22/h5-10,12,15-17,24H,2-4,11,13-14,18H2,1H3. The van der Waals surface area contributed by atoms with E-state index in [0.29, 0.717) is 30.0 Å². The molecule has 0 saturated carbocycles. The highest BCUT2D eigenvalue weighted by Crippen LogP contribution is 2.31. The Kier molecular flexibility index (Phi) is 7.05. The number of hydrogen-bond acceptors (Lipinski definition) is 4. The van der Waals surface area contributed by atoms with E-state index in [-0.39, 0.29) is 5.56 Å². The molecule has 3 heterocycles. The van der Waals surface area contributed by atoms with Gasteiger partial charge < -0.3 is 9.30 Å². The number of pyridine rings is 2. The van der Waals surface area contributed by atoms with Crippen LogP contribution in [0.25, 0.3) is 0 Å². The maximum Gasteiger partial charge on any atom is 0.254 e. The van der Waals surface area contributed by atoms with Crippen LogP contribution in [-0.4, -0.2) is 27.5 Å². The van der Waals surface area contributed by atoms with Crippen molar-refractivity contribution in [3.8, 4) is 5.75 Å². The molecule has 31 heavy (non-hydrogen) atoms. The second kappa shape index (κ2) is 10.1. The largest absolute Gasteiger partial charge is 0.487 e. The lowest BCUT2D eigenvalue weighted by atomic mass is 10.0. The summed E-state index contributed by atoms with van der Waals surface area (Å²) >= 11 is 5.84.